The zero-order chi connectivity index (χ0) is 11.9. The van der Waals surface area contributed by atoms with Crippen molar-refractivity contribution in [2.75, 3.05) is 0 Å². The van der Waals surface area contributed by atoms with Gasteiger partial charge >= 0.3 is 5.97 Å². The number of carboxylic acids is 1. The van der Waals surface area contributed by atoms with Crippen LogP contribution in [0, 0.1) is 0 Å². The molecule has 4 N–H and O–H groups in total. The molecule has 5 heteroatoms. The largest absolute Gasteiger partial charge is 0.508 e. The monoisotopic (exact) mass is 241 g/mol. The predicted octanol–water partition coefficient (Wildman–Crippen LogP) is 1.49. The van der Waals surface area contributed by atoms with Crippen molar-refractivity contribution in [3.05, 3.63) is 28.8 Å². The fraction of sp³-hybridized carbons (Fsp3) is 0.364. The van der Waals surface area contributed by atoms with E-state index in [9.17, 15) is 15.0 Å². The molecule has 1 aromatic rings. The summed E-state index contributed by atoms with van der Waals surface area (Å²) in [5, 5.41) is 19.3. The summed E-state index contributed by atoms with van der Waals surface area (Å²) < 4.78 is 0. The van der Waals surface area contributed by atoms with E-state index in [-0.39, 0.29) is 22.4 Å². The van der Waals surface area contributed by atoms with E-state index in [1.165, 1.54) is 6.07 Å². The molecule has 0 atom stereocenters. The molecule has 1 fully saturated rings. The maximum absolute atomic E-state index is 11.3. The standard InChI is InChI=1S/C11H12ClNO3/c12-7-2-1-3-8(14)9(7)11(10(15)16)4-6(13)5-11/h1-3,6,14H,4-5,13H2,(H,15,16). The molecule has 1 saturated carbocycles. The normalized spacial score (nSPS) is 28.5. The van der Waals surface area contributed by atoms with Crippen molar-refractivity contribution in [3.63, 3.8) is 0 Å². The van der Waals surface area contributed by atoms with E-state index < -0.39 is 11.4 Å². The van der Waals surface area contributed by atoms with Gasteiger partial charge in [-0.05, 0) is 25.0 Å². The lowest BCUT2D eigenvalue weighted by Gasteiger charge is -2.43. The van der Waals surface area contributed by atoms with Gasteiger partial charge in [0.15, 0.2) is 0 Å². The van der Waals surface area contributed by atoms with E-state index in [1.54, 1.807) is 12.1 Å². The number of carbonyl (C=O) groups is 1. The maximum atomic E-state index is 11.3. The van der Waals surface area contributed by atoms with Gasteiger partial charge < -0.3 is 15.9 Å². The highest BCUT2D eigenvalue weighted by Gasteiger charge is 2.52. The molecule has 0 unspecified atom stereocenters. The number of aliphatic carboxylic acids is 1. The van der Waals surface area contributed by atoms with Crippen LogP contribution in [0.3, 0.4) is 0 Å². The van der Waals surface area contributed by atoms with Crippen molar-refractivity contribution in [3.8, 4) is 5.75 Å². The zero-order valence-corrected chi connectivity index (χ0v) is 9.24. The Balaban J connectivity index is 2.53. The average Bonchev–Trinajstić information content (AvgIpc) is 2.13. The summed E-state index contributed by atoms with van der Waals surface area (Å²) in [7, 11) is 0. The number of halogens is 1. The van der Waals surface area contributed by atoms with E-state index in [1.807, 2.05) is 0 Å². The van der Waals surface area contributed by atoms with Gasteiger partial charge in [-0.2, -0.15) is 0 Å². The second-order valence-corrected chi connectivity index (χ2v) is 4.60. The SMILES string of the molecule is NC1CC(C(=O)O)(c2c(O)cccc2Cl)C1. The van der Waals surface area contributed by atoms with Gasteiger partial charge in [0.2, 0.25) is 0 Å². The van der Waals surface area contributed by atoms with Crippen molar-refractivity contribution >= 4 is 17.6 Å². The minimum absolute atomic E-state index is 0.0817. The number of phenolic OH excluding ortho intramolecular Hbond substituents is 1. The fourth-order valence-electron chi connectivity index (χ4n) is 2.31. The molecule has 0 bridgehead atoms. The number of rotatable bonds is 2. The van der Waals surface area contributed by atoms with Crippen LogP contribution in [0.15, 0.2) is 18.2 Å². The van der Waals surface area contributed by atoms with Gasteiger partial charge in [-0.1, -0.05) is 17.7 Å². The Labute approximate surface area is 97.6 Å². The van der Waals surface area contributed by atoms with E-state index in [2.05, 4.69) is 0 Å². The van der Waals surface area contributed by atoms with Crippen molar-refractivity contribution in [1.82, 2.24) is 0 Å². The highest BCUT2D eigenvalue weighted by atomic mass is 35.5. The molecule has 0 aliphatic heterocycles. The third-order valence-electron chi connectivity index (χ3n) is 3.10. The predicted molar refractivity (Wildman–Crippen MR) is 59.6 cm³/mol. The van der Waals surface area contributed by atoms with Crippen molar-refractivity contribution in [2.24, 2.45) is 5.73 Å². The number of phenols is 1. The smallest absolute Gasteiger partial charge is 0.314 e. The molecule has 1 aliphatic rings. The molecule has 0 saturated heterocycles. The Morgan fingerprint density at radius 1 is 1.50 bits per heavy atom. The molecule has 0 heterocycles. The molecular formula is C11H12ClNO3. The van der Waals surface area contributed by atoms with Crippen LogP contribution in [-0.4, -0.2) is 22.2 Å². The highest BCUT2D eigenvalue weighted by Crippen LogP contribution is 2.49. The topological polar surface area (TPSA) is 83.6 Å². The Bertz CT molecular complexity index is 421. The number of hydrogen-bond donors (Lipinski definition) is 3. The van der Waals surface area contributed by atoms with Gasteiger partial charge in [0.1, 0.15) is 11.2 Å². The molecular weight excluding hydrogens is 230 g/mol. The summed E-state index contributed by atoms with van der Waals surface area (Å²) >= 11 is 5.95. The van der Waals surface area contributed by atoms with Crippen molar-refractivity contribution in [1.29, 1.82) is 0 Å². The fourth-order valence-corrected chi connectivity index (χ4v) is 2.66. The zero-order valence-electron chi connectivity index (χ0n) is 8.48. The lowest BCUT2D eigenvalue weighted by molar-refractivity contribution is -0.148. The molecule has 16 heavy (non-hydrogen) atoms. The number of carboxylic acid groups (broad SMARTS) is 1. The third kappa shape index (κ3) is 1.45. The number of aromatic hydroxyl groups is 1. The van der Waals surface area contributed by atoms with E-state index in [4.69, 9.17) is 17.3 Å². The molecule has 0 aromatic heterocycles. The molecule has 0 radical (unpaired) electrons. The van der Waals surface area contributed by atoms with Crippen LogP contribution in [0.4, 0.5) is 0 Å². The molecule has 4 nitrogen and oxygen atoms in total. The van der Waals surface area contributed by atoms with Crippen LogP contribution < -0.4 is 5.73 Å². The first-order chi connectivity index (χ1) is 7.47. The van der Waals surface area contributed by atoms with Crippen LogP contribution in [-0.2, 0) is 10.2 Å². The maximum Gasteiger partial charge on any atom is 0.314 e. The quantitative estimate of drug-likeness (QED) is 0.733. The average molecular weight is 242 g/mol. The summed E-state index contributed by atoms with van der Waals surface area (Å²) in [5.74, 6) is -1.07. The number of nitrogens with two attached hydrogens (primary N) is 1. The molecule has 2 rings (SSSR count). The highest BCUT2D eigenvalue weighted by molar-refractivity contribution is 6.32. The lowest BCUT2D eigenvalue weighted by Crippen LogP contribution is -2.54. The molecule has 1 aliphatic carbocycles. The number of hydrogen-bond acceptors (Lipinski definition) is 3. The van der Waals surface area contributed by atoms with Gasteiger partial charge in [0, 0.05) is 16.6 Å². The van der Waals surface area contributed by atoms with Gasteiger partial charge in [-0.15, -0.1) is 0 Å². The van der Waals surface area contributed by atoms with Crippen LogP contribution in [0.1, 0.15) is 18.4 Å². The van der Waals surface area contributed by atoms with Crippen LogP contribution in [0.5, 0.6) is 5.75 Å². The number of benzene rings is 1. The second-order valence-electron chi connectivity index (χ2n) is 4.19. The van der Waals surface area contributed by atoms with Gasteiger partial charge in [0.25, 0.3) is 0 Å². The Hall–Kier alpha value is -1.26. The Morgan fingerprint density at radius 3 is 2.56 bits per heavy atom. The van der Waals surface area contributed by atoms with Crippen LogP contribution in [0.2, 0.25) is 5.02 Å². The first-order valence-corrected chi connectivity index (χ1v) is 5.32. The van der Waals surface area contributed by atoms with E-state index >= 15 is 0 Å². The molecule has 86 valence electrons. The third-order valence-corrected chi connectivity index (χ3v) is 3.42. The van der Waals surface area contributed by atoms with Crippen LogP contribution in [0.25, 0.3) is 0 Å². The molecule has 0 spiro atoms. The summed E-state index contributed by atoms with van der Waals surface area (Å²) in [5.41, 5.74) is 4.80. The van der Waals surface area contributed by atoms with Gasteiger partial charge in [-0.25, -0.2) is 0 Å². The molecule has 0 amide bonds. The lowest BCUT2D eigenvalue weighted by atomic mass is 9.61. The summed E-state index contributed by atoms with van der Waals surface area (Å²) in [6.45, 7) is 0. The summed E-state index contributed by atoms with van der Waals surface area (Å²) in [4.78, 5) is 11.3. The first kappa shape index (κ1) is 11.2. The second kappa shape index (κ2) is 3.64. The minimum Gasteiger partial charge on any atom is -0.508 e. The van der Waals surface area contributed by atoms with Crippen molar-refractivity contribution in [2.45, 2.75) is 24.3 Å². The summed E-state index contributed by atoms with van der Waals surface area (Å²) in [6, 6.07) is 4.45. The minimum atomic E-state index is -1.12. The van der Waals surface area contributed by atoms with Gasteiger partial charge in [0.05, 0.1) is 0 Å². The summed E-state index contributed by atoms with van der Waals surface area (Å²) in [6.07, 6.45) is 0.610. The van der Waals surface area contributed by atoms with E-state index in [0.717, 1.165) is 0 Å². The Morgan fingerprint density at radius 2 is 2.12 bits per heavy atom. The van der Waals surface area contributed by atoms with Gasteiger partial charge in [-0.3, -0.25) is 4.79 Å². The van der Waals surface area contributed by atoms with Crippen molar-refractivity contribution < 1.29 is 15.0 Å². The van der Waals surface area contributed by atoms with E-state index in [0.29, 0.717) is 12.8 Å². The molecule has 1 aromatic carbocycles. The van der Waals surface area contributed by atoms with Crippen LogP contribution >= 0.6 is 11.6 Å². The Kier molecular flexibility index (Phi) is 2.56. The first-order valence-electron chi connectivity index (χ1n) is 4.94.